The SMILES string of the molecule is CC(=O)CCCCCCC(C(=O)O)C(O)CC(=O)O. The van der Waals surface area contributed by atoms with Gasteiger partial charge in [0.25, 0.3) is 0 Å². The van der Waals surface area contributed by atoms with Gasteiger partial charge in [0.1, 0.15) is 5.78 Å². The lowest BCUT2D eigenvalue weighted by Crippen LogP contribution is -2.30. The number of hydrogen-bond acceptors (Lipinski definition) is 4. The quantitative estimate of drug-likeness (QED) is 0.492. The molecule has 0 aromatic carbocycles. The molecular weight excluding hydrogens is 252 g/mol. The zero-order chi connectivity index (χ0) is 14.8. The fourth-order valence-corrected chi connectivity index (χ4v) is 1.89. The maximum absolute atomic E-state index is 10.9. The summed E-state index contributed by atoms with van der Waals surface area (Å²) in [4.78, 5) is 32.1. The van der Waals surface area contributed by atoms with Gasteiger partial charge in [0.05, 0.1) is 18.4 Å². The summed E-state index contributed by atoms with van der Waals surface area (Å²) in [6.07, 6.45) is 1.87. The Labute approximate surface area is 112 Å². The molecule has 0 rings (SSSR count). The normalized spacial score (nSPS) is 13.8. The minimum atomic E-state index is -1.35. The van der Waals surface area contributed by atoms with E-state index in [9.17, 15) is 19.5 Å². The molecule has 0 spiro atoms. The number of carboxylic acids is 2. The van der Waals surface area contributed by atoms with Gasteiger partial charge < -0.3 is 20.1 Å². The number of carbonyl (C=O) groups excluding carboxylic acids is 1. The second-order valence-corrected chi connectivity index (χ2v) is 4.76. The topological polar surface area (TPSA) is 112 Å². The van der Waals surface area contributed by atoms with Crippen molar-refractivity contribution in [3.8, 4) is 0 Å². The average molecular weight is 274 g/mol. The molecule has 0 radical (unpaired) electrons. The van der Waals surface area contributed by atoms with Crippen LogP contribution in [-0.4, -0.2) is 39.1 Å². The Hall–Kier alpha value is -1.43. The molecule has 19 heavy (non-hydrogen) atoms. The smallest absolute Gasteiger partial charge is 0.309 e. The van der Waals surface area contributed by atoms with Crippen molar-refractivity contribution in [3.05, 3.63) is 0 Å². The molecular formula is C13H22O6. The molecule has 2 unspecified atom stereocenters. The van der Waals surface area contributed by atoms with Crippen LogP contribution in [0.1, 0.15) is 51.9 Å². The summed E-state index contributed by atoms with van der Waals surface area (Å²) in [6.45, 7) is 1.53. The predicted molar refractivity (Wildman–Crippen MR) is 67.8 cm³/mol. The van der Waals surface area contributed by atoms with Crippen LogP contribution in [0.15, 0.2) is 0 Å². The summed E-state index contributed by atoms with van der Waals surface area (Å²) in [6, 6.07) is 0. The third-order valence-corrected chi connectivity index (χ3v) is 2.96. The number of ketones is 1. The van der Waals surface area contributed by atoms with Gasteiger partial charge >= 0.3 is 11.9 Å². The van der Waals surface area contributed by atoms with Crippen LogP contribution in [0.25, 0.3) is 0 Å². The van der Waals surface area contributed by atoms with Crippen LogP contribution in [0, 0.1) is 5.92 Å². The molecule has 0 aromatic heterocycles. The first kappa shape index (κ1) is 17.6. The molecule has 0 aliphatic rings. The van der Waals surface area contributed by atoms with Crippen molar-refractivity contribution in [3.63, 3.8) is 0 Å². The maximum Gasteiger partial charge on any atom is 0.309 e. The van der Waals surface area contributed by atoms with Gasteiger partial charge in [-0.15, -0.1) is 0 Å². The molecule has 3 N–H and O–H groups in total. The monoisotopic (exact) mass is 274 g/mol. The molecule has 0 bridgehead atoms. The van der Waals surface area contributed by atoms with Crippen molar-refractivity contribution in [2.45, 2.75) is 58.0 Å². The lowest BCUT2D eigenvalue weighted by atomic mass is 9.93. The van der Waals surface area contributed by atoms with Crippen molar-refractivity contribution in [1.82, 2.24) is 0 Å². The Morgan fingerprint density at radius 1 is 1.00 bits per heavy atom. The van der Waals surface area contributed by atoms with E-state index in [1.807, 2.05) is 0 Å². The zero-order valence-electron chi connectivity index (χ0n) is 11.2. The molecule has 110 valence electrons. The highest BCUT2D eigenvalue weighted by Crippen LogP contribution is 2.17. The molecule has 0 heterocycles. The van der Waals surface area contributed by atoms with Crippen molar-refractivity contribution in [1.29, 1.82) is 0 Å². The highest BCUT2D eigenvalue weighted by Gasteiger charge is 2.27. The van der Waals surface area contributed by atoms with Gasteiger partial charge in [-0.2, -0.15) is 0 Å². The van der Waals surface area contributed by atoms with Crippen LogP contribution in [0.3, 0.4) is 0 Å². The largest absolute Gasteiger partial charge is 0.481 e. The van der Waals surface area contributed by atoms with E-state index in [0.29, 0.717) is 12.8 Å². The highest BCUT2D eigenvalue weighted by atomic mass is 16.4. The summed E-state index contributed by atoms with van der Waals surface area (Å²) in [5, 5.41) is 27.0. The van der Waals surface area contributed by atoms with Gasteiger partial charge in [0.2, 0.25) is 0 Å². The zero-order valence-corrected chi connectivity index (χ0v) is 11.2. The lowest BCUT2D eigenvalue weighted by molar-refractivity contribution is -0.148. The molecule has 2 atom stereocenters. The first-order chi connectivity index (χ1) is 8.84. The van der Waals surface area contributed by atoms with E-state index in [1.54, 1.807) is 0 Å². The van der Waals surface area contributed by atoms with Crippen molar-refractivity contribution in [2.75, 3.05) is 0 Å². The third-order valence-electron chi connectivity index (χ3n) is 2.96. The summed E-state index contributed by atoms with van der Waals surface area (Å²) in [7, 11) is 0. The van der Waals surface area contributed by atoms with E-state index in [2.05, 4.69) is 0 Å². The summed E-state index contributed by atoms with van der Waals surface area (Å²) in [5.41, 5.74) is 0. The van der Waals surface area contributed by atoms with Gasteiger partial charge in [-0.05, 0) is 19.8 Å². The summed E-state index contributed by atoms with van der Waals surface area (Å²) < 4.78 is 0. The van der Waals surface area contributed by atoms with Crippen LogP contribution in [0.4, 0.5) is 0 Å². The lowest BCUT2D eigenvalue weighted by Gasteiger charge is -2.17. The molecule has 6 nitrogen and oxygen atoms in total. The van der Waals surface area contributed by atoms with Crippen LogP contribution in [0.2, 0.25) is 0 Å². The summed E-state index contributed by atoms with van der Waals surface area (Å²) in [5.74, 6) is -3.28. The van der Waals surface area contributed by atoms with Gasteiger partial charge in [0, 0.05) is 6.42 Å². The minimum absolute atomic E-state index is 0.139. The molecule has 0 saturated carbocycles. The molecule has 0 aliphatic carbocycles. The van der Waals surface area contributed by atoms with Crippen molar-refractivity contribution >= 4 is 17.7 Å². The molecule has 6 heteroatoms. The first-order valence-electron chi connectivity index (χ1n) is 6.46. The summed E-state index contributed by atoms with van der Waals surface area (Å²) >= 11 is 0. The minimum Gasteiger partial charge on any atom is -0.481 e. The van der Waals surface area contributed by atoms with Crippen LogP contribution in [-0.2, 0) is 14.4 Å². The number of hydrogen-bond donors (Lipinski definition) is 3. The molecule has 0 aliphatic heterocycles. The molecule has 0 amide bonds. The fraction of sp³-hybridized carbons (Fsp3) is 0.769. The Balaban J connectivity index is 3.92. The predicted octanol–water partition coefficient (Wildman–Crippen LogP) is 1.45. The number of unbranched alkanes of at least 4 members (excludes halogenated alkanes) is 3. The number of aliphatic hydroxyl groups excluding tert-OH is 1. The Morgan fingerprint density at radius 3 is 2.05 bits per heavy atom. The second kappa shape index (κ2) is 9.49. The number of aliphatic hydroxyl groups is 1. The van der Waals surface area contributed by atoms with Gasteiger partial charge in [0.15, 0.2) is 0 Å². The van der Waals surface area contributed by atoms with Gasteiger partial charge in [-0.1, -0.05) is 19.3 Å². The number of Topliss-reactive ketones (excluding diaryl/α,β-unsaturated/α-hetero) is 1. The molecule has 0 aromatic rings. The fourth-order valence-electron chi connectivity index (χ4n) is 1.89. The first-order valence-corrected chi connectivity index (χ1v) is 6.46. The second-order valence-electron chi connectivity index (χ2n) is 4.76. The van der Waals surface area contributed by atoms with Gasteiger partial charge in [-0.3, -0.25) is 9.59 Å². The van der Waals surface area contributed by atoms with E-state index < -0.39 is 30.4 Å². The van der Waals surface area contributed by atoms with Crippen LogP contribution < -0.4 is 0 Å². The molecule has 0 saturated heterocycles. The Kier molecular flexibility index (Phi) is 8.78. The Bertz CT molecular complexity index is 312. The van der Waals surface area contributed by atoms with Crippen molar-refractivity contribution in [2.24, 2.45) is 5.92 Å². The van der Waals surface area contributed by atoms with E-state index in [-0.39, 0.29) is 12.2 Å². The average Bonchev–Trinajstić information content (AvgIpc) is 2.25. The number of aliphatic carboxylic acids is 2. The Morgan fingerprint density at radius 2 is 1.58 bits per heavy atom. The highest BCUT2D eigenvalue weighted by molar-refractivity contribution is 5.75. The van der Waals surface area contributed by atoms with E-state index in [4.69, 9.17) is 10.2 Å². The van der Waals surface area contributed by atoms with Gasteiger partial charge in [-0.25, -0.2) is 0 Å². The van der Waals surface area contributed by atoms with E-state index in [1.165, 1.54) is 6.92 Å². The number of carboxylic acid groups (broad SMARTS) is 2. The van der Waals surface area contributed by atoms with Crippen LogP contribution >= 0.6 is 0 Å². The van der Waals surface area contributed by atoms with E-state index >= 15 is 0 Å². The molecule has 0 fully saturated rings. The van der Waals surface area contributed by atoms with Crippen LogP contribution in [0.5, 0.6) is 0 Å². The van der Waals surface area contributed by atoms with E-state index in [0.717, 1.165) is 19.3 Å². The number of rotatable bonds is 11. The third kappa shape index (κ3) is 9.18. The standard InChI is InChI=1S/C13H22O6/c1-9(14)6-4-2-3-5-7-10(13(18)19)11(15)8-12(16)17/h10-11,15H,2-8H2,1H3,(H,16,17)(H,18,19). The maximum atomic E-state index is 10.9. The number of carbonyl (C=O) groups is 3. The van der Waals surface area contributed by atoms with Crippen molar-refractivity contribution < 1.29 is 29.7 Å².